The summed E-state index contributed by atoms with van der Waals surface area (Å²) in [6.07, 6.45) is 0. The van der Waals surface area contributed by atoms with Crippen molar-refractivity contribution < 1.29 is 9.53 Å². The van der Waals surface area contributed by atoms with E-state index < -0.39 is 0 Å². The summed E-state index contributed by atoms with van der Waals surface area (Å²) >= 11 is 1.24. The van der Waals surface area contributed by atoms with Crippen molar-refractivity contribution in [1.82, 2.24) is 14.9 Å². The van der Waals surface area contributed by atoms with Crippen molar-refractivity contribution in [3.8, 4) is 5.75 Å². The molecule has 0 atom stereocenters. The number of rotatable bonds is 8. The second kappa shape index (κ2) is 9.33. The molecule has 0 spiro atoms. The van der Waals surface area contributed by atoms with Crippen molar-refractivity contribution in [1.29, 1.82) is 0 Å². The van der Waals surface area contributed by atoms with Crippen LogP contribution in [0.15, 0.2) is 47.6 Å². The lowest BCUT2D eigenvalue weighted by molar-refractivity contribution is -0.113. The molecule has 0 aliphatic heterocycles. The topological polar surface area (TPSA) is 107 Å². The van der Waals surface area contributed by atoms with Crippen LogP contribution in [0.1, 0.15) is 17.0 Å². The van der Waals surface area contributed by atoms with Gasteiger partial charge in [-0.2, -0.15) is 0 Å². The minimum absolute atomic E-state index is 0.121. The Hall–Kier alpha value is -3.20. The predicted molar refractivity (Wildman–Crippen MR) is 116 cm³/mol. The van der Waals surface area contributed by atoms with E-state index in [1.165, 1.54) is 16.4 Å². The summed E-state index contributed by atoms with van der Waals surface area (Å²) in [5.74, 6) is 7.50. The van der Waals surface area contributed by atoms with E-state index in [1.54, 1.807) is 7.11 Å². The van der Waals surface area contributed by atoms with Crippen LogP contribution in [0, 0.1) is 13.8 Å². The third kappa shape index (κ3) is 5.41. The van der Waals surface area contributed by atoms with Crippen molar-refractivity contribution in [3.05, 3.63) is 59.4 Å². The number of nitrogen functional groups attached to an aromatic ring is 1. The molecule has 3 rings (SSSR count). The number of thioether (sulfide) groups is 1. The van der Waals surface area contributed by atoms with Gasteiger partial charge in [-0.05, 0) is 55.3 Å². The molecule has 152 valence electrons. The molecule has 1 amide bonds. The lowest BCUT2D eigenvalue weighted by atomic mass is 10.1. The zero-order valence-electron chi connectivity index (χ0n) is 16.6. The van der Waals surface area contributed by atoms with Crippen LogP contribution >= 0.6 is 11.8 Å². The Kier molecular flexibility index (Phi) is 6.61. The minimum atomic E-state index is -0.121. The van der Waals surface area contributed by atoms with E-state index in [-0.39, 0.29) is 11.7 Å². The zero-order chi connectivity index (χ0) is 20.8. The maximum Gasteiger partial charge on any atom is 0.234 e. The number of nitrogens with one attached hydrogen (secondary N) is 2. The third-order valence-corrected chi connectivity index (χ3v) is 5.22. The standard InChI is InChI=1S/C20H24N6O2S/c1-13-4-5-14(2)17(10-13)23-19(27)12-29-20-25-24-18(26(20)21)11-22-15-6-8-16(28-3)9-7-15/h4-10,22H,11-12,21H2,1-3H3,(H,23,27). The number of benzene rings is 2. The highest BCUT2D eigenvalue weighted by molar-refractivity contribution is 7.99. The number of carbonyl (C=O) groups is 1. The Morgan fingerprint density at radius 1 is 1.17 bits per heavy atom. The molecule has 1 heterocycles. The quantitative estimate of drug-likeness (QED) is 0.386. The van der Waals surface area contributed by atoms with Gasteiger partial charge in [0.15, 0.2) is 5.82 Å². The Morgan fingerprint density at radius 3 is 2.66 bits per heavy atom. The summed E-state index contributed by atoms with van der Waals surface area (Å²) in [4.78, 5) is 12.3. The summed E-state index contributed by atoms with van der Waals surface area (Å²) in [6, 6.07) is 13.5. The smallest absolute Gasteiger partial charge is 0.234 e. The van der Waals surface area contributed by atoms with E-state index in [9.17, 15) is 4.79 Å². The van der Waals surface area contributed by atoms with Crippen LogP contribution in [0.25, 0.3) is 0 Å². The summed E-state index contributed by atoms with van der Waals surface area (Å²) in [5, 5.41) is 14.8. The first-order valence-corrected chi connectivity index (χ1v) is 10.0. The molecule has 0 unspecified atom stereocenters. The predicted octanol–water partition coefficient (Wildman–Crippen LogP) is 2.96. The normalized spacial score (nSPS) is 10.6. The molecule has 29 heavy (non-hydrogen) atoms. The van der Waals surface area contributed by atoms with Crippen LogP contribution in [-0.4, -0.2) is 33.6 Å². The third-order valence-electron chi connectivity index (χ3n) is 4.28. The number of hydrogen-bond donors (Lipinski definition) is 3. The molecule has 0 aliphatic carbocycles. The van der Waals surface area contributed by atoms with Gasteiger partial charge < -0.3 is 21.2 Å². The van der Waals surface area contributed by atoms with Gasteiger partial charge in [0.05, 0.1) is 19.4 Å². The highest BCUT2D eigenvalue weighted by Gasteiger charge is 2.13. The molecule has 0 saturated carbocycles. The van der Waals surface area contributed by atoms with Gasteiger partial charge in [-0.25, -0.2) is 4.68 Å². The van der Waals surface area contributed by atoms with E-state index in [0.29, 0.717) is 17.5 Å². The largest absolute Gasteiger partial charge is 0.497 e. The molecule has 4 N–H and O–H groups in total. The molecule has 0 radical (unpaired) electrons. The van der Waals surface area contributed by atoms with Crippen LogP contribution < -0.4 is 21.2 Å². The lowest BCUT2D eigenvalue weighted by Crippen LogP contribution is -2.18. The van der Waals surface area contributed by atoms with Crippen molar-refractivity contribution in [2.45, 2.75) is 25.5 Å². The fourth-order valence-electron chi connectivity index (χ4n) is 2.60. The molecular weight excluding hydrogens is 388 g/mol. The Morgan fingerprint density at radius 2 is 1.93 bits per heavy atom. The van der Waals surface area contributed by atoms with Crippen LogP contribution in [-0.2, 0) is 11.3 Å². The molecule has 3 aromatic rings. The van der Waals surface area contributed by atoms with Crippen LogP contribution in [0.4, 0.5) is 11.4 Å². The monoisotopic (exact) mass is 412 g/mol. The first kappa shape index (κ1) is 20.5. The van der Waals surface area contributed by atoms with Gasteiger partial charge in [0.2, 0.25) is 11.1 Å². The second-order valence-electron chi connectivity index (χ2n) is 6.51. The first-order chi connectivity index (χ1) is 14.0. The number of nitrogens with zero attached hydrogens (tertiary/aromatic N) is 3. The Bertz CT molecular complexity index is 987. The Labute approximate surface area is 173 Å². The van der Waals surface area contributed by atoms with Gasteiger partial charge in [-0.1, -0.05) is 23.9 Å². The van der Waals surface area contributed by atoms with E-state index >= 15 is 0 Å². The number of nitrogens with two attached hydrogens (primary N) is 1. The first-order valence-electron chi connectivity index (χ1n) is 9.03. The van der Waals surface area contributed by atoms with Gasteiger partial charge in [-0.3, -0.25) is 4.79 Å². The molecule has 0 aliphatic rings. The highest BCUT2D eigenvalue weighted by Crippen LogP contribution is 2.20. The average molecular weight is 413 g/mol. The summed E-state index contributed by atoms with van der Waals surface area (Å²) < 4.78 is 6.54. The second-order valence-corrected chi connectivity index (χ2v) is 7.45. The van der Waals surface area contributed by atoms with Crippen LogP contribution in [0.5, 0.6) is 5.75 Å². The van der Waals surface area contributed by atoms with Crippen molar-refractivity contribution in [3.63, 3.8) is 0 Å². The highest BCUT2D eigenvalue weighted by atomic mass is 32.2. The van der Waals surface area contributed by atoms with Crippen molar-refractivity contribution in [2.24, 2.45) is 0 Å². The average Bonchev–Trinajstić information content (AvgIpc) is 3.07. The molecular formula is C20H24N6O2S. The number of methoxy groups -OCH3 is 1. The maximum atomic E-state index is 12.3. The minimum Gasteiger partial charge on any atom is -0.497 e. The molecule has 2 aromatic carbocycles. The number of hydrogen-bond acceptors (Lipinski definition) is 7. The number of aryl methyl sites for hydroxylation is 2. The molecule has 9 heteroatoms. The van der Waals surface area contributed by atoms with Crippen molar-refractivity contribution >= 4 is 29.0 Å². The molecule has 0 fully saturated rings. The number of ether oxygens (including phenoxy) is 1. The summed E-state index contributed by atoms with van der Waals surface area (Å²) in [6.45, 7) is 4.36. The van der Waals surface area contributed by atoms with Crippen LogP contribution in [0.3, 0.4) is 0 Å². The molecule has 1 aromatic heterocycles. The van der Waals surface area contributed by atoms with Crippen LogP contribution in [0.2, 0.25) is 0 Å². The number of amides is 1. The molecule has 0 bridgehead atoms. The van der Waals surface area contributed by atoms with Gasteiger partial charge in [0, 0.05) is 11.4 Å². The number of carbonyl (C=O) groups excluding carboxylic acids is 1. The van der Waals surface area contributed by atoms with Gasteiger partial charge in [0.1, 0.15) is 5.75 Å². The SMILES string of the molecule is COc1ccc(NCc2nnc(SCC(=O)Nc3cc(C)ccc3C)n2N)cc1. The maximum absolute atomic E-state index is 12.3. The van der Waals surface area contributed by atoms with E-state index in [4.69, 9.17) is 10.6 Å². The summed E-state index contributed by atoms with van der Waals surface area (Å²) in [7, 11) is 1.63. The molecule has 0 saturated heterocycles. The molecule has 8 nitrogen and oxygen atoms in total. The van der Waals surface area contributed by atoms with E-state index in [0.717, 1.165) is 28.3 Å². The number of aromatic nitrogens is 3. The zero-order valence-corrected chi connectivity index (χ0v) is 17.4. The van der Waals surface area contributed by atoms with E-state index in [2.05, 4.69) is 20.8 Å². The van der Waals surface area contributed by atoms with Gasteiger partial charge in [-0.15, -0.1) is 10.2 Å². The fourth-order valence-corrected chi connectivity index (χ4v) is 3.28. The van der Waals surface area contributed by atoms with E-state index in [1.807, 2.05) is 56.3 Å². The summed E-state index contributed by atoms with van der Waals surface area (Å²) in [5.41, 5.74) is 3.84. The van der Waals surface area contributed by atoms with Crippen molar-refractivity contribution in [2.75, 3.05) is 29.3 Å². The number of anilines is 2. The Balaban J connectivity index is 1.53. The fraction of sp³-hybridized carbons (Fsp3) is 0.250. The van der Waals surface area contributed by atoms with Gasteiger partial charge >= 0.3 is 0 Å². The van der Waals surface area contributed by atoms with Gasteiger partial charge in [0.25, 0.3) is 0 Å². The lowest BCUT2D eigenvalue weighted by Gasteiger charge is -2.09.